The zero-order chi connectivity index (χ0) is 11.3. The Balaban J connectivity index is 2.57. The predicted molar refractivity (Wildman–Crippen MR) is 61.8 cm³/mol. The van der Waals surface area contributed by atoms with Crippen molar-refractivity contribution >= 4 is 11.6 Å². The highest BCUT2D eigenvalue weighted by Gasteiger charge is 2.04. The van der Waals surface area contributed by atoms with Crippen molar-refractivity contribution < 1.29 is 4.39 Å². The minimum atomic E-state index is -0.204. The van der Waals surface area contributed by atoms with Gasteiger partial charge in [0.2, 0.25) is 0 Å². The van der Waals surface area contributed by atoms with Crippen molar-refractivity contribution in [2.45, 2.75) is 13.5 Å². The fourth-order valence-corrected chi connectivity index (χ4v) is 1.54. The van der Waals surface area contributed by atoms with E-state index < -0.39 is 0 Å². The van der Waals surface area contributed by atoms with Crippen molar-refractivity contribution in [1.29, 1.82) is 0 Å². The maximum absolute atomic E-state index is 13.2. The Hall–Kier alpha value is -0.640. The van der Waals surface area contributed by atoms with Crippen LogP contribution in [0.5, 0.6) is 0 Å². The van der Waals surface area contributed by atoms with Crippen LogP contribution in [0.15, 0.2) is 12.1 Å². The lowest BCUT2D eigenvalue weighted by Gasteiger charge is -2.08. The first-order valence-corrected chi connectivity index (χ1v) is 5.32. The molecule has 1 aromatic carbocycles. The van der Waals surface area contributed by atoms with Gasteiger partial charge in [0.25, 0.3) is 0 Å². The maximum Gasteiger partial charge on any atom is 0.126 e. The van der Waals surface area contributed by atoms with E-state index in [2.05, 4.69) is 10.6 Å². The fourth-order valence-electron chi connectivity index (χ4n) is 1.26. The summed E-state index contributed by atoms with van der Waals surface area (Å²) in [6, 6.07) is 3.15. The minimum Gasteiger partial charge on any atom is -0.318 e. The van der Waals surface area contributed by atoms with Crippen molar-refractivity contribution in [3.63, 3.8) is 0 Å². The van der Waals surface area contributed by atoms with E-state index in [1.807, 2.05) is 7.05 Å². The highest BCUT2D eigenvalue weighted by atomic mass is 35.5. The van der Waals surface area contributed by atoms with Gasteiger partial charge in [0.15, 0.2) is 0 Å². The average molecular weight is 231 g/mol. The van der Waals surface area contributed by atoms with E-state index in [0.717, 1.165) is 18.7 Å². The molecule has 0 aromatic heterocycles. The van der Waals surface area contributed by atoms with Crippen molar-refractivity contribution in [2.24, 2.45) is 0 Å². The third-order valence-electron chi connectivity index (χ3n) is 2.19. The van der Waals surface area contributed by atoms with Gasteiger partial charge in [-0.2, -0.15) is 0 Å². The minimum absolute atomic E-state index is 0.204. The Bertz CT molecular complexity index is 329. The van der Waals surface area contributed by atoms with Crippen molar-refractivity contribution in [3.8, 4) is 0 Å². The normalized spacial score (nSPS) is 10.7. The van der Waals surface area contributed by atoms with E-state index in [4.69, 9.17) is 11.6 Å². The molecule has 0 aliphatic carbocycles. The second-order valence-electron chi connectivity index (χ2n) is 3.47. The van der Waals surface area contributed by atoms with Gasteiger partial charge >= 0.3 is 0 Å². The summed E-state index contributed by atoms with van der Waals surface area (Å²) in [5.74, 6) is -0.204. The van der Waals surface area contributed by atoms with Gasteiger partial charge in [-0.25, -0.2) is 4.39 Å². The summed E-state index contributed by atoms with van der Waals surface area (Å²) in [7, 11) is 1.89. The molecule has 2 N–H and O–H groups in total. The molecule has 0 radical (unpaired) electrons. The Morgan fingerprint density at radius 3 is 2.73 bits per heavy atom. The van der Waals surface area contributed by atoms with Crippen LogP contribution in [0.25, 0.3) is 0 Å². The van der Waals surface area contributed by atoms with Gasteiger partial charge in [-0.15, -0.1) is 0 Å². The Kier molecular flexibility index (Phi) is 5.02. The second kappa shape index (κ2) is 6.05. The van der Waals surface area contributed by atoms with Gasteiger partial charge in [0, 0.05) is 24.7 Å². The highest BCUT2D eigenvalue weighted by Crippen LogP contribution is 2.20. The van der Waals surface area contributed by atoms with Crippen molar-refractivity contribution in [3.05, 3.63) is 34.1 Å². The Morgan fingerprint density at radius 2 is 2.07 bits per heavy atom. The molecule has 0 unspecified atom stereocenters. The molecule has 1 rings (SSSR count). The average Bonchev–Trinajstić information content (AvgIpc) is 2.20. The van der Waals surface area contributed by atoms with Crippen molar-refractivity contribution in [2.75, 3.05) is 20.1 Å². The molecule has 0 spiro atoms. The van der Waals surface area contributed by atoms with Gasteiger partial charge < -0.3 is 10.6 Å². The molecule has 0 aliphatic rings. The first kappa shape index (κ1) is 12.4. The second-order valence-corrected chi connectivity index (χ2v) is 3.88. The van der Waals surface area contributed by atoms with E-state index >= 15 is 0 Å². The molecular formula is C11H16ClFN2. The van der Waals surface area contributed by atoms with E-state index in [1.54, 1.807) is 13.0 Å². The summed E-state index contributed by atoms with van der Waals surface area (Å²) in [5, 5.41) is 6.81. The predicted octanol–water partition coefficient (Wildman–Crippen LogP) is 2.10. The molecule has 2 nitrogen and oxygen atoms in total. The number of aryl methyl sites for hydroxylation is 1. The molecular weight excluding hydrogens is 215 g/mol. The highest BCUT2D eigenvalue weighted by molar-refractivity contribution is 6.31. The molecule has 0 aliphatic heterocycles. The number of likely N-dealkylation sites (N-methyl/N-ethyl adjacent to an activating group) is 1. The van der Waals surface area contributed by atoms with Crippen molar-refractivity contribution in [1.82, 2.24) is 10.6 Å². The third-order valence-corrected chi connectivity index (χ3v) is 2.55. The van der Waals surface area contributed by atoms with Gasteiger partial charge in [-0.05, 0) is 37.2 Å². The molecule has 84 valence electrons. The summed E-state index contributed by atoms with van der Waals surface area (Å²) in [6.45, 7) is 4.02. The summed E-state index contributed by atoms with van der Waals surface area (Å²) < 4.78 is 13.2. The molecule has 0 amide bonds. The van der Waals surface area contributed by atoms with Gasteiger partial charge in [0.05, 0.1) is 0 Å². The van der Waals surface area contributed by atoms with E-state index in [1.165, 1.54) is 6.07 Å². The number of hydrogen-bond donors (Lipinski definition) is 2. The van der Waals surface area contributed by atoms with Crippen LogP contribution in [0.2, 0.25) is 5.02 Å². The molecule has 15 heavy (non-hydrogen) atoms. The molecule has 0 fully saturated rings. The smallest absolute Gasteiger partial charge is 0.126 e. The fraction of sp³-hybridized carbons (Fsp3) is 0.455. The first-order chi connectivity index (χ1) is 7.15. The molecule has 1 aromatic rings. The van der Waals surface area contributed by atoms with Gasteiger partial charge in [-0.3, -0.25) is 0 Å². The van der Waals surface area contributed by atoms with Gasteiger partial charge in [-0.1, -0.05) is 11.6 Å². The standard InChI is InChI=1S/C11H16ClFN2/c1-8-5-10(12)9(6-11(8)13)7-15-4-3-14-2/h5-6,14-15H,3-4,7H2,1-2H3. The molecule has 0 heterocycles. The van der Waals surface area contributed by atoms with E-state index in [-0.39, 0.29) is 5.82 Å². The van der Waals surface area contributed by atoms with E-state index in [0.29, 0.717) is 17.1 Å². The summed E-state index contributed by atoms with van der Waals surface area (Å²) in [6.07, 6.45) is 0. The van der Waals surface area contributed by atoms with Crippen LogP contribution in [-0.4, -0.2) is 20.1 Å². The van der Waals surface area contributed by atoms with Crippen LogP contribution < -0.4 is 10.6 Å². The number of rotatable bonds is 5. The van der Waals surface area contributed by atoms with Crippen LogP contribution in [0.1, 0.15) is 11.1 Å². The van der Waals surface area contributed by atoms with Crippen LogP contribution in [0.4, 0.5) is 4.39 Å². The molecule has 0 atom stereocenters. The maximum atomic E-state index is 13.2. The first-order valence-electron chi connectivity index (χ1n) is 4.95. The molecule has 0 saturated heterocycles. The number of halogens is 2. The van der Waals surface area contributed by atoms with Crippen LogP contribution in [0, 0.1) is 12.7 Å². The lowest BCUT2D eigenvalue weighted by atomic mass is 10.1. The summed E-state index contributed by atoms with van der Waals surface area (Å²) >= 11 is 5.99. The van der Waals surface area contributed by atoms with Gasteiger partial charge in [0.1, 0.15) is 5.82 Å². The SMILES string of the molecule is CNCCNCc1cc(F)c(C)cc1Cl. The van der Waals surface area contributed by atoms with Crippen LogP contribution in [0.3, 0.4) is 0 Å². The quantitative estimate of drug-likeness (QED) is 0.757. The topological polar surface area (TPSA) is 24.1 Å². The molecule has 0 saturated carbocycles. The lowest BCUT2D eigenvalue weighted by Crippen LogP contribution is -2.24. The number of benzene rings is 1. The lowest BCUT2D eigenvalue weighted by molar-refractivity contribution is 0.609. The molecule has 4 heteroatoms. The zero-order valence-corrected chi connectivity index (χ0v) is 9.79. The Labute approximate surface area is 94.8 Å². The van der Waals surface area contributed by atoms with Crippen LogP contribution >= 0.6 is 11.6 Å². The van der Waals surface area contributed by atoms with E-state index in [9.17, 15) is 4.39 Å². The summed E-state index contributed by atoms with van der Waals surface area (Å²) in [5.41, 5.74) is 1.38. The van der Waals surface area contributed by atoms with Crippen LogP contribution in [-0.2, 0) is 6.54 Å². The monoisotopic (exact) mass is 230 g/mol. The Morgan fingerprint density at radius 1 is 1.33 bits per heavy atom. The summed E-state index contributed by atoms with van der Waals surface area (Å²) in [4.78, 5) is 0. The number of nitrogens with one attached hydrogen (secondary N) is 2. The third kappa shape index (κ3) is 3.78. The largest absolute Gasteiger partial charge is 0.318 e. The molecule has 0 bridgehead atoms. The number of hydrogen-bond acceptors (Lipinski definition) is 2. The zero-order valence-electron chi connectivity index (χ0n) is 9.03.